The van der Waals surface area contributed by atoms with Crippen molar-refractivity contribution < 1.29 is 0 Å². The molecule has 0 radical (unpaired) electrons. The van der Waals surface area contributed by atoms with Gasteiger partial charge >= 0.3 is 0 Å². The zero-order chi connectivity index (χ0) is 11.0. The SMILES string of the molecule is C=C(CC)NC(/N=C\C)=C(\C#N)CC. The summed E-state index contributed by atoms with van der Waals surface area (Å²) in [6.45, 7) is 9.57. The summed E-state index contributed by atoms with van der Waals surface area (Å²) in [4.78, 5) is 4.11. The van der Waals surface area contributed by atoms with Crippen LogP contribution in [0.1, 0.15) is 33.6 Å². The van der Waals surface area contributed by atoms with Crippen LogP contribution in [0.3, 0.4) is 0 Å². The standard InChI is InChI=1S/C11H17N3/c1-5-9(4)14-11(13-7-3)10(6-2)8-12/h7,14H,4-6H2,1-3H3/b11-10-,13-7-. The number of nitriles is 1. The fourth-order valence-corrected chi connectivity index (χ4v) is 0.870. The van der Waals surface area contributed by atoms with Crippen LogP contribution in [0.2, 0.25) is 0 Å². The monoisotopic (exact) mass is 191 g/mol. The summed E-state index contributed by atoms with van der Waals surface area (Å²) in [5, 5.41) is 11.9. The molecule has 3 nitrogen and oxygen atoms in total. The fraction of sp³-hybridized carbons (Fsp3) is 0.455. The van der Waals surface area contributed by atoms with Gasteiger partial charge in [0.2, 0.25) is 0 Å². The van der Waals surface area contributed by atoms with Crippen molar-refractivity contribution in [1.82, 2.24) is 5.32 Å². The van der Waals surface area contributed by atoms with Crippen LogP contribution < -0.4 is 5.32 Å². The smallest absolute Gasteiger partial charge is 0.143 e. The maximum absolute atomic E-state index is 8.86. The van der Waals surface area contributed by atoms with E-state index in [0.717, 1.165) is 12.1 Å². The third kappa shape index (κ3) is 3.90. The molecule has 0 aliphatic carbocycles. The molecule has 0 unspecified atom stereocenters. The predicted octanol–water partition coefficient (Wildman–Crippen LogP) is 2.74. The van der Waals surface area contributed by atoms with Gasteiger partial charge in [0, 0.05) is 11.9 Å². The van der Waals surface area contributed by atoms with E-state index >= 15 is 0 Å². The molecule has 0 aromatic rings. The van der Waals surface area contributed by atoms with Crippen LogP contribution in [0.5, 0.6) is 0 Å². The lowest BCUT2D eigenvalue weighted by atomic mass is 10.2. The molecule has 14 heavy (non-hydrogen) atoms. The van der Waals surface area contributed by atoms with Gasteiger partial charge < -0.3 is 5.32 Å². The Kier molecular flexibility index (Phi) is 6.13. The highest BCUT2D eigenvalue weighted by atomic mass is 15.0. The molecule has 0 bridgehead atoms. The number of nitrogens with zero attached hydrogens (tertiary/aromatic N) is 2. The van der Waals surface area contributed by atoms with Gasteiger partial charge in [0.25, 0.3) is 0 Å². The molecule has 0 aromatic heterocycles. The van der Waals surface area contributed by atoms with Crippen LogP contribution in [0.15, 0.2) is 28.7 Å². The summed E-state index contributed by atoms with van der Waals surface area (Å²) >= 11 is 0. The Morgan fingerprint density at radius 3 is 2.50 bits per heavy atom. The van der Waals surface area contributed by atoms with Gasteiger partial charge in [-0.2, -0.15) is 5.26 Å². The maximum atomic E-state index is 8.86. The first-order valence-corrected chi connectivity index (χ1v) is 4.76. The van der Waals surface area contributed by atoms with E-state index in [1.165, 1.54) is 0 Å². The highest BCUT2D eigenvalue weighted by Crippen LogP contribution is 2.08. The maximum Gasteiger partial charge on any atom is 0.143 e. The third-order valence-electron chi connectivity index (χ3n) is 1.75. The van der Waals surface area contributed by atoms with Crippen molar-refractivity contribution in [3.05, 3.63) is 23.7 Å². The average molecular weight is 191 g/mol. The van der Waals surface area contributed by atoms with Crippen LogP contribution in [0.25, 0.3) is 0 Å². The normalized spacial score (nSPS) is 12.1. The lowest BCUT2D eigenvalue weighted by molar-refractivity contribution is 0.864. The van der Waals surface area contributed by atoms with Crippen molar-refractivity contribution in [2.75, 3.05) is 0 Å². The van der Waals surface area contributed by atoms with Crippen LogP contribution >= 0.6 is 0 Å². The van der Waals surface area contributed by atoms with E-state index in [2.05, 4.69) is 23.0 Å². The second-order valence-corrected chi connectivity index (χ2v) is 2.76. The minimum absolute atomic E-state index is 0.615. The Morgan fingerprint density at radius 1 is 1.50 bits per heavy atom. The number of aliphatic imine (C=N–C) groups is 1. The minimum atomic E-state index is 0.615. The van der Waals surface area contributed by atoms with Crippen molar-refractivity contribution in [3.8, 4) is 6.07 Å². The average Bonchev–Trinajstić information content (AvgIpc) is 2.19. The molecule has 0 atom stereocenters. The molecule has 0 aromatic carbocycles. The molecule has 0 heterocycles. The highest BCUT2D eigenvalue weighted by Gasteiger charge is 2.02. The van der Waals surface area contributed by atoms with Crippen LogP contribution in [0, 0.1) is 11.3 Å². The molecule has 0 saturated carbocycles. The van der Waals surface area contributed by atoms with Gasteiger partial charge in [-0.15, -0.1) is 0 Å². The van der Waals surface area contributed by atoms with Gasteiger partial charge in [0.05, 0.1) is 11.6 Å². The van der Waals surface area contributed by atoms with Crippen molar-refractivity contribution in [2.45, 2.75) is 33.6 Å². The third-order valence-corrected chi connectivity index (χ3v) is 1.75. The number of hydrogen-bond acceptors (Lipinski definition) is 3. The Balaban J connectivity index is 4.85. The Morgan fingerprint density at radius 2 is 2.14 bits per heavy atom. The van der Waals surface area contributed by atoms with E-state index in [0.29, 0.717) is 17.8 Å². The Labute approximate surface area is 85.8 Å². The second kappa shape index (κ2) is 6.90. The van der Waals surface area contributed by atoms with Crippen molar-refractivity contribution in [2.24, 2.45) is 4.99 Å². The summed E-state index contributed by atoms with van der Waals surface area (Å²) in [7, 11) is 0. The number of hydrogen-bond donors (Lipinski definition) is 1. The van der Waals surface area contributed by atoms with Gasteiger partial charge in [-0.05, 0) is 19.8 Å². The van der Waals surface area contributed by atoms with E-state index in [4.69, 9.17) is 5.26 Å². The van der Waals surface area contributed by atoms with Crippen molar-refractivity contribution in [3.63, 3.8) is 0 Å². The summed E-state index contributed by atoms with van der Waals surface area (Å²) in [5.74, 6) is 0.615. The molecule has 0 fully saturated rings. The molecule has 0 aliphatic rings. The summed E-state index contributed by atoms with van der Waals surface area (Å²) < 4.78 is 0. The molecule has 1 N–H and O–H groups in total. The quantitative estimate of drug-likeness (QED) is 0.536. The molecule has 3 heteroatoms. The number of allylic oxidation sites excluding steroid dienone is 2. The summed E-state index contributed by atoms with van der Waals surface area (Å²) in [5.41, 5.74) is 1.52. The number of rotatable bonds is 5. The van der Waals surface area contributed by atoms with Crippen molar-refractivity contribution in [1.29, 1.82) is 5.26 Å². The molecule has 0 aliphatic heterocycles. The Hall–Kier alpha value is -1.56. The first-order valence-electron chi connectivity index (χ1n) is 4.76. The molecular formula is C11H17N3. The fourth-order valence-electron chi connectivity index (χ4n) is 0.870. The zero-order valence-electron chi connectivity index (χ0n) is 9.09. The highest BCUT2D eigenvalue weighted by molar-refractivity contribution is 5.56. The topological polar surface area (TPSA) is 48.2 Å². The first-order chi connectivity index (χ1) is 6.69. The lowest BCUT2D eigenvalue weighted by Crippen LogP contribution is -2.12. The Bertz CT molecular complexity index is 292. The van der Waals surface area contributed by atoms with E-state index < -0.39 is 0 Å². The lowest BCUT2D eigenvalue weighted by Gasteiger charge is -2.09. The predicted molar refractivity (Wildman–Crippen MR) is 59.7 cm³/mol. The van der Waals surface area contributed by atoms with E-state index in [1.807, 2.05) is 20.8 Å². The van der Waals surface area contributed by atoms with E-state index in [-0.39, 0.29) is 0 Å². The molecular weight excluding hydrogens is 174 g/mol. The summed E-state index contributed by atoms with van der Waals surface area (Å²) in [6, 6.07) is 2.13. The van der Waals surface area contributed by atoms with Crippen LogP contribution in [-0.4, -0.2) is 6.21 Å². The zero-order valence-corrected chi connectivity index (χ0v) is 9.09. The molecule has 0 spiro atoms. The van der Waals surface area contributed by atoms with Crippen LogP contribution in [-0.2, 0) is 0 Å². The van der Waals surface area contributed by atoms with Crippen LogP contribution in [0.4, 0.5) is 0 Å². The molecule has 0 rings (SSSR count). The van der Waals surface area contributed by atoms with Gasteiger partial charge in [0.1, 0.15) is 5.82 Å². The number of nitrogens with one attached hydrogen (secondary N) is 1. The first kappa shape index (κ1) is 12.4. The van der Waals surface area contributed by atoms with E-state index in [9.17, 15) is 0 Å². The molecule has 76 valence electrons. The second-order valence-electron chi connectivity index (χ2n) is 2.76. The largest absolute Gasteiger partial charge is 0.344 e. The summed E-state index contributed by atoms with van der Waals surface area (Å²) in [6.07, 6.45) is 3.16. The van der Waals surface area contributed by atoms with Gasteiger partial charge in [0.15, 0.2) is 0 Å². The minimum Gasteiger partial charge on any atom is -0.344 e. The molecule has 0 saturated heterocycles. The van der Waals surface area contributed by atoms with Gasteiger partial charge in [-0.25, -0.2) is 4.99 Å². The van der Waals surface area contributed by atoms with Gasteiger partial charge in [-0.1, -0.05) is 20.4 Å². The van der Waals surface area contributed by atoms with Gasteiger partial charge in [-0.3, -0.25) is 0 Å². The van der Waals surface area contributed by atoms with Crippen molar-refractivity contribution >= 4 is 6.21 Å². The van der Waals surface area contributed by atoms with E-state index in [1.54, 1.807) is 6.21 Å². The molecule has 0 amide bonds.